The maximum Gasteiger partial charge on any atom is 0.239 e. The second-order valence-corrected chi connectivity index (χ2v) is 5.67. The number of nitrogens with zero attached hydrogens (tertiary/aromatic N) is 2. The summed E-state index contributed by atoms with van der Waals surface area (Å²) in [7, 11) is 2.00. The maximum absolute atomic E-state index is 4.76. The van der Waals surface area contributed by atoms with Gasteiger partial charge in [0, 0.05) is 16.6 Å². The lowest BCUT2D eigenvalue weighted by molar-refractivity contribution is -0.718. The summed E-state index contributed by atoms with van der Waals surface area (Å²) in [6.07, 6.45) is 6.08. The molecule has 0 saturated heterocycles. The van der Waals surface area contributed by atoms with Crippen LogP contribution in [0.2, 0.25) is 0 Å². The monoisotopic (exact) mass is 301 g/mol. The van der Waals surface area contributed by atoms with E-state index >= 15 is 0 Å². The summed E-state index contributed by atoms with van der Waals surface area (Å²) in [5.74, 6) is 0. The Morgan fingerprint density at radius 2 is 1.91 bits per heavy atom. The third-order valence-electron chi connectivity index (χ3n) is 4.16. The van der Waals surface area contributed by atoms with Crippen LogP contribution in [-0.2, 0) is 7.05 Å². The molecule has 0 saturated carbocycles. The van der Waals surface area contributed by atoms with Crippen LogP contribution in [0, 0.1) is 6.92 Å². The Kier molecular flexibility index (Phi) is 4.07. The Bertz CT molecular complexity index is 921. The van der Waals surface area contributed by atoms with Crippen LogP contribution >= 0.6 is 0 Å². The molecule has 0 amide bonds. The minimum absolute atomic E-state index is 0.989. The zero-order valence-electron chi connectivity index (χ0n) is 13.9. The number of hydrogen-bond acceptors (Lipinski definition) is 1. The van der Waals surface area contributed by atoms with Gasteiger partial charge in [0.2, 0.25) is 5.69 Å². The van der Waals surface area contributed by atoms with Crippen molar-refractivity contribution in [1.82, 2.24) is 5.10 Å². The first-order valence-corrected chi connectivity index (χ1v) is 7.81. The van der Waals surface area contributed by atoms with Crippen molar-refractivity contribution in [1.29, 1.82) is 0 Å². The quantitative estimate of drug-likeness (QED) is 0.640. The Labute approximate surface area is 137 Å². The second-order valence-electron chi connectivity index (χ2n) is 5.67. The van der Waals surface area contributed by atoms with E-state index < -0.39 is 0 Å². The summed E-state index contributed by atoms with van der Waals surface area (Å²) in [6.45, 7) is 8.10. The van der Waals surface area contributed by atoms with Gasteiger partial charge in [-0.1, -0.05) is 53.8 Å². The fraction of sp³-hybridized carbons (Fsp3) is 0.143. The highest BCUT2D eigenvalue weighted by Gasteiger charge is 2.17. The van der Waals surface area contributed by atoms with Crippen LogP contribution in [0.3, 0.4) is 0 Å². The third-order valence-corrected chi connectivity index (χ3v) is 4.16. The van der Waals surface area contributed by atoms with E-state index in [2.05, 4.69) is 68.1 Å². The molecule has 0 bridgehead atoms. The molecule has 114 valence electrons. The first-order chi connectivity index (χ1) is 11.2. The number of allylic oxidation sites excluding steroid dienone is 1. The van der Waals surface area contributed by atoms with Gasteiger partial charge in [-0.25, -0.2) is 0 Å². The molecule has 0 aliphatic carbocycles. The van der Waals surface area contributed by atoms with Gasteiger partial charge in [0.25, 0.3) is 0 Å². The van der Waals surface area contributed by atoms with Crippen molar-refractivity contribution in [2.45, 2.75) is 13.8 Å². The smallest absolute Gasteiger partial charge is 0.0984 e. The predicted molar refractivity (Wildman–Crippen MR) is 97.9 cm³/mol. The van der Waals surface area contributed by atoms with Crippen molar-refractivity contribution >= 4 is 23.1 Å². The molecule has 0 N–H and O–H groups in total. The number of aromatic nitrogens is 2. The zero-order chi connectivity index (χ0) is 16.4. The third kappa shape index (κ3) is 2.68. The largest absolute Gasteiger partial charge is 0.239 e. The average molecular weight is 301 g/mol. The van der Waals surface area contributed by atoms with Gasteiger partial charge in [0.1, 0.15) is 5.52 Å². The molecule has 0 aliphatic rings. The van der Waals surface area contributed by atoms with Crippen molar-refractivity contribution in [3.05, 3.63) is 71.8 Å². The Morgan fingerprint density at radius 1 is 1.13 bits per heavy atom. The minimum Gasteiger partial charge on any atom is -0.0984 e. The fourth-order valence-corrected chi connectivity index (χ4v) is 2.97. The molecule has 0 fully saturated rings. The van der Waals surface area contributed by atoms with Crippen molar-refractivity contribution in [2.75, 3.05) is 0 Å². The molecule has 2 nitrogen and oxygen atoms in total. The minimum atomic E-state index is 0.989. The van der Waals surface area contributed by atoms with E-state index in [-0.39, 0.29) is 0 Å². The Balaban J connectivity index is 2.37. The van der Waals surface area contributed by atoms with E-state index in [0.717, 1.165) is 22.2 Å². The molecule has 0 unspecified atom stereocenters. The van der Waals surface area contributed by atoms with Gasteiger partial charge in [0.15, 0.2) is 7.05 Å². The molecule has 0 aliphatic heterocycles. The summed E-state index contributed by atoms with van der Waals surface area (Å²) >= 11 is 0. The lowest BCUT2D eigenvalue weighted by atomic mass is 9.98. The highest BCUT2D eigenvalue weighted by Crippen LogP contribution is 2.27. The predicted octanol–water partition coefficient (Wildman–Crippen LogP) is 4.71. The van der Waals surface area contributed by atoms with E-state index in [1.807, 2.05) is 24.7 Å². The number of benzene rings is 2. The number of hydrogen-bond donors (Lipinski definition) is 0. The van der Waals surface area contributed by atoms with Gasteiger partial charge < -0.3 is 0 Å². The van der Waals surface area contributed by atoms with E-state index in [0.29, 0.717) is 0 Å². The highest BCUT2D eigenvalue weighted by molar-refractivity contribution is 5.93. The first kappa shape index (κ1) is 15.2. The second kappa shape index (κ2) is 6.17. The van der Waals surface area contributed by atoms with Gasteiger partial charge in [-0.3, -0.25) is 0 Å². The zero-order valence-corrected chi connectivity index (χ0v) is 13.9. The summed E-state index contributed by atoms with van der Waals surface area (Å²) < 4.78 is 1.96. The average Bonchev–Trinajstić information content (AvgIpc) is 2.55. The van der Waals surface area contributed by atoms with Crippen LogP contribution < -0.4 is 4.68 Å². The lowest BCUT2D eigenvalue weighted by Crippen LogP contribution is -2.35. The topological polar surface area (TPSA) is 16.8 Å². The standard InChI is InChI=1S/C21H21N2/c1-5-9-18-16(6-2)12-13-20-19(18)14-21(23(4)22-20)17-11-8-7-10-15(17)3/h5-14H,2H2,1,3-4H3/q+1/b9-5-. The van der Waals surface area contributed by atoms with Crippen LogP contribution in [0.25, 0.3) is 34.3 Å². The van der Waals surface area contributed by atoms with E-state index in [4.69, 9.17) is 5.10 Å². The lowest BCUT2D eigenvalue weighted by Gasteiger charge is -2.08. The van der Waals surface area contributed by atoms with Gasteiger partial charge in [-0.2, -0.15) is 0 Å². The Morgan fingerprint density at radius 3 is 2.61 bits per heavy atom. The molecule has 3 rings (SSSR count). The fourth-order valence-electron chi connectivity index (χ4n) is 2.97. The summed E-state index contributed by atoms with van der Waals surface area (Å²) in [5, 5.41) is 5.91. The first-order valence-electron chi connectivity index (χ1n) is 7.81. The van der Waals surface area contributed by atoms with Crippen LogP contribution in [-0.4, -0.2) is 5.10 Å². The van der Waals surface area contributed by atoms with E-state index in [9.17, 15) is 0 Å². The molecule has 1 heterocycles. The van der Waals surface area contributed by atoms with Crippen LogP contribution in [0.4, 0.5) is 0 Å². The Hall–Kier alpha value is -2.74. The SMILES string of the molecule is C=Cc1ccc2n[n+](C)c(-c3ccccc3C)cc2c1/C=C\C. The molecule has 1 aromatic heterocycles. The van der Waals surface area contributed by atoms with Crippen LogP contribution in [0.1, 0.15) is 23.6 Å². The molecule has 2 heteroatoms. The summed E-state index contributed by atoms with van der Waals surface area (Å²) in [5.41, 5.74) is 6.85. The van der Waals surface area contributed by atoms with Crippen molar-refractivity contribution in [3.63, 3.8) is 0 Å². The number of rotatable bonds is 3. The molecule has 3 aromatic rings. The van der Waals surface area contributed by atoms with Crippen molar-refractivity contribution < 1.29 is 4.68 Å². The number of fused-ring (bicyclic) bond motifs is 1. The molecule has 23 heavy (non-hydrogen) atoms. The molecule has 0 radical (unpaired) electrons. The molecule has 0 atom stereocenters. The van der Waals surface area contributed by atoms with Gasteiger partial charge in [-0.15, -0.1) is 0 Å². The van der Waals surface area contributed by atoms with Gasteiger partial charge in [-0.05, 0) is 42.7 Å². The van der Waals surface area contributed by atoms with Gasteiger partial charge in [0.05, 0.1) is 5.56 Å². The van der Waals surface area contributed by atoms with Crippen molar-refractivity contribution in [2.24, 2.45) is 7.05 Å². The summed E-state index contributed by atoms with van der Waals surface area (Å²) in [6, 6.07) is 14.8. The summed E-state index contributed by atoms with van der Waals surface area (Å²) in [4.78, 5) is 0. The van der Waals surface area contributed by atoms with Crippen LogP contribution in [0.15, 0.2) is 55.1 Å². The van der Waals surface area contributed by atoms with E-state index in [1.54, 1.807) is 0 Å². The van der Waals surface area contributed by atoms with Crippen molar-refractivity contribution in [3.8, 4) is 11.3 Å². The van der Waals surface area contributed by atoms with Gasteiger partial charge >= 0.3 is 0 Å². The highest BCUT2D eigenvalue weighted by atomic mass is 15.2. The van der Waals surface area contributed by atoms with Crippen LogP contribution in [0.5, 0.6) is 0 Å². The van der Waals surface area contributed by atoms with E-state index in [1.165, 1.54) is 16.7 Å². The molecular formula is C21H21N2+. The number of aryl methyl sites for hydroxylation is 2. The normalized spacial score (nSPS) is 11.3. The molecular weight excluding hydrogens is 280 g/mol. The molecule has 0 spiro atoms. The molecule has 2 aromatic carbocycles. The maximum atomic E-state index is 4.76.